The SMILES string of the molecule is COc1cc(NC(=O)C2CCCCN2)ccc1S(=O)(=O)N1CCCC1. The number of hydrogen-bond acceptors (Lipinski definition) is 5. The Balaban J connectivity index is 1.78. The van der Waals surface area contributed by atoms with Crippen molar-refractivity contribution in [1.82, 2.24) is 9.62 Å². The van der Waals surface area contributed by atoms with Crippen LogP contribution in [0.1, 0.15) is 32.1 Å². The number of anilines is 1. The number of piperidine rings is 1. The van der Waals surface area contributed by atoms with Crippen LogP contribution in [0.2, 0.25) is 0 Å². The van der Waals surface area contributed by atoms with Gasteiger partial charge in [-0.15, -0.1) is 0 Å². The van der Waals surface area contributed by atoms with Crippen LogP contribution in [0.5, 0.6) is 5.75 Å². The Morgan fingerprint density at radius 2 is 2.00 bits per heavy atom. The van der Waals surface area contributed by atoms with Crippen LogP contribution in [-0.4, -0.2) is 51.4 Å². The molecule has 3 rings (SSSR count). The number of rotatable bonds is 5. The molecular weight excluding hydrogens is 342 g/mol. The van der Waals surface area contributed by atoms with Gasteiger partial charge >= 0.3 is 0 Å². The highest BCUT2D eigenvalue weighted by atomic mass is 32.2. The Labute approximate surface area is 148 Å². The lowest BCUT2D eigenvalue weighted by molar-refractivity contribution is -0.118. The van der Waals surface area contributed by atoms with Crippen molar-refractivity contribution in [3.8, 4) is 5.75 Å². The van der Waals surface area contributed by atoms with E-state index in [-0.39, 0.29) is 22.6 Å². The standard InChI is InChI=1S/C17H25N3O4S/c1-24-15-12-13(19-17(21)14-6-2-3-9-18-14)7-8-16(15)25(22,23)20-10-4-5-11-20/h7-8,12,14,18H,2-6,9-11H2,1H3,(H,19,21). The van der Waals surface area contributed by atoms with Crippen molar-refractivity contribution in [2.75, 3.05) is 32.1 Å². The van der Waals surface area contributed by atoms with Crippen molar-refractivity contribution in [3.63, 3.8) is 0 Å². The predicted molar refractivity (Wildman–Crippen MR) is 95.3 cm³/mol. The van der Waals surface area contributed by atoms with Crippen LogP contribution in [0.25, 0.3) is 0 Å². The van der Waals surface area contributed by atoms with E-state index >= 15 is 0 Å². The second kappa shape index (κ2) is 7.72. The lowest BCUT2D eigenvalue weighted by Crippen LogP contribution is -2.43. The Kier molecular flexibility index (Phi) is 5.61. The van der Waals surface area contributed by atoms with Crippen LogP contribution in [-0.2, 0) is 14.8 Å². The number of carbonyl (C=O) groups excluding carboxylic acids is 1. The maximum atomic E-state index is 12.7. The molecule has 2 fully saturated rings. The summed E-state index contributed by atoms with van der Waals surface area (Å²) in [6.07, 6.45) is 4.68. The van der Waals surface area contributed by atoms with Crippen LogP contribution in [0.15, 0.2) is 23.1 Å². The van der Waals surface area contributed by atoms with Gasteiger partial charge in [-0.2, -0.15) is 4.31 Å². The topological polar surface area (TPSA) is 87.7 Å². The van der Waals surface area contributed by atoms with Gasteiger partial charge in [-0.1, -0.05) is 6.42 Å². The first-order chi connectivity index (χ1) is 12.0. The first-order valence-electron chi connectivity index (χ1n) is 8.75. The molecule has 1 aromatic carbocycles. The molecule has 0 saturated carbocycles. The zero-order valence-corrected chi connectivity index (χ0v) is 15.3. The molecule has 0 aliphatic carbocycles. The van der Waals surface area contributed by atoms with Crippen molar-refractivity contribution in [1.29, 1.82) is 0 Å². The Morgan fingerprint density at radius 3 is 2.64 bits per heavy atom. The molecule has 1 atom stereocenters. The number of nitrogens with one attached hydrogen (secondary N) is 2. The van der Waals surface area contributed by atoms with Gasteiger partial charge in [0, 0.05) is 24.8 Å². The zero-order chi connectivity index (χ0) is 17.9. The highest BCUT2D eigenvalue weighted by Crippen LogP contribution is 2.31. The molecule has 2 aliphatic rings. The molecule has 2 heterocycles. The Bertz CT molecular complexity index is 723. The van der Waals surface area contributed by atoms with Gasteiger partial charge in [0.15, 0.2) is 0 Å². The first-order valence-corrected chi connectivity index (χ1v) is 10.2. The fourth-order valence-electron chi connectivity index (χ4n) is 3.33. The van der Waals surface area contributed by atoms with Crippen molar-refractivity contribution >= 4 is 21.6 Å². The molecule has 1 aromatic rings. The van der Waals surface area contributed by atoms with Crippen molar-refractivity contribution in [2.24, 2.45) is 0 Å². The zero-order valence-electron chi connectivity index (χ0n) is 14.5. The quantitative estimate of drug-likeness (QED) is 0.825. The maximum Gasteiger partial charge on any atom is 0.246 e. The molecule has 0 spiro atoms. The largest absolute Gasteiger partial charge is 0.495 e. The number of methoxy groups -OCH3 is 1. The number of ether oxygens (including phenoxy) is 1. The molecule has 1 amide bonds. The minimum Gasteiger partial charge on any atom is -0.495 e. The summed E-state index contributed by atoms with van der Waals surface area (Å²) in [5.74, 6) is 0.151. The summed E-state index contributed by atoms with van der Waals surface area (Å²) in [6, 6.07) is 4.50. The third kappa shape index (κ3) is 3.96. The molecule has 7 nitrogen and oxygen atoms in total. The van der Waals surface area contributed by atoms with E-state index in [9.17, 15) is 13.2 Å². The highest BCUT2D eigenvalue weighted by molar-refractivity contribution is 7.89. The summed E-state index contributed by atoms with van der Waals surface area (Å²) < 4.78 is 32.3. The second-order valence-corrected chi connectivity index (χ2v) is 8.37. The van der Waals surface area contributed by atoms with Crippen LogP contribution < -0.4 is 15.4 Å². The smallest absolute Gasteiger partial charge is 0.246 e. The molecule has 1 unspecified atom stereocenters. The van der Waals surface area contributed by atoms with E-state index < -0.39 is 10.0 Å². The molecule has 0 bridgehead atoms. The number of benzene rings is 1. The minimum absolute atomic E-state index is 0.100. The maximum absolute atomic E-state index is 12.7. The fourth-order valence-corrected chi connectivity index (χ4v) is 4.98. The van der Waals surface area contributed by atoms with Crippen LogP contribution in [0.4, 0.5) is 5.69 Å². The van der Waals surface area contributed by atoms with Crippen molar-refractivity contribution in [3.05, 3.63) is 18.2 Å². The predicted octanol–water partition coefficient (Wildman–Crippen LogP) is 1.56. The monoisotopic (exact) mass is 367 g/mol. The van der Waals surface area contributed by atoms with Gasteiger partial charge < -0.3 is 15.4 Å². The van der Waals surface area contributed by atoms with E-state index in [0.717, 1.165) is 38.6 Å². The van der Waals surface area contributed by atoms with Crippen LogP contribution in [0.3, 0.4) is 0 Å². The number of nitrogens with zero attached hydrogens (tertiary/aromatic N) is 1. The van der Waals surface area contributed by atoms with E-state index in [2.05, 4.69) is 10.6 Å². The van der Waals surface area contributed by atoms with E-state index in [1.165, 1.54) is 17.5 Å². The van der Waals surface area contributed by atoms with Gasteiger partial charge in [0.2, 0.25) is 15.9 Å². The average molecular weight is 367 g/mol. The molecule has 8 heteroatoms. The summed E-state index contributed by atoms with van der Waals surface area (Å²) in [6.45, 7) is 1.92. The van der Waals surface area contributed by atoms with Gasteiger partial charge in [0.05, 0.1) is 13.2 Å². The highest BCUT2D eigenvalue weighted by Gasteiger charge is 2.30. The molecule has 138 valence electrons. The fraction of sp³-hybridized carbons (Fsp3) is 0.588. The summed E-state index contributed by atoms with van der Waals surface area (Å²) in [7, 11) is -2.13. The lowest BCUT2D eigenvalue weighted by Gasteiger charge is -2.23. The molecule has 2 N–H and O–H groups in total. The molecule has 2 aliphatic heterocycles. The van der Waals surface area contributed by atoms with Gasteiger partial charge in [-0.25, -0.2) is 8.42 Å². The molecule has 25 heavy (non-hydrogen) atoms. The van der Waals surface area contributed by atoms with E-state index in [4.69, 9.17) is 4.74 Å². The molecule has 0 radical (unpaired) electrons. The third-order valence-electron chi connectivity index (χ3n) is 4.74. The molecule has 2 saturated heterocycles. The van der Waals surface area contributed by atoms with Gasteiger partial charge in [0.1, 0.15) is 10.6 Å². The van der Waals surface area contributed by atoms with Crippen molar-refractivity contribution in [2.45, 2.75) is 43.0 Å². The third-order valence-corrected chi connectivity index (χ3v) is 6.68. The summed E-state index contributed by atoms with van der Waals surface area (Å²) in [5.41, 5.74) is 0.537. The van der Waals surface area contributed by atoms with Crippen LogP contribution in [0, 0.1) is 0 Å². The van der Waals surface area contributed by atoms with Crippen LogP contribution >= 0.6 is 0 Å². The van der Waals surface area contributed by atoms with Gasteiger partial charge in [0.25, 0.3) is 0 Å². The first kappa shape index (κ1) is 18.2. The number of amides is 1. The summed E-state index contributed by atoms with van der Waals surface area (Å²) in [5, 5.41) is 6.04. The van der Waals surface area contributed by atoms with Crippen molar-refractivity contribution < 1.29 is 17.9 Å². The molecule has 0 aromatic heterocycles. The number of hydrogen-bond donors (Lipinski definition) is 2. The minimum atomic E-state index is -3.56. The normalized spacial score (nSPS) is 21.9. The lowest BCUT2D eigenvalue weighted by atomic mass is 10.0. The number of sulfonamides is 1. The van der Waals surface area contributed by atoms with Gasteiger partial charge in [-0.3, -0.25) is 4.79 Å². The summed E-state index contributed by atoms with van der Waals surface area (Å²) >= 11 is 0. The van der Waals surface area contributed by atoms with E-state index in [1.54, 1.807) is 12.1 Å². The Morgan fingerprint density at radius 1 is 1.24 bits per heavy atom. The molecular formula is C17H25N3O4S. The summed E-state index contributed by atoms with van der Waals surface area (Å²) in [4.78, 5) is 12.5. The average Bonchev–Trinajstić information content (AvgIpc) is 3.17. The number of carbonyl (C=O) groups is 1. The van der Waals surface area contributed by atoms with E-state index in [0.29, 0.717) is 18.8 Å². The van der Waals surface area contributed by atoms with Gasteiger partial charge in [-0.05, 0) is 44.4 Å². The second-order valence-electron chi connectivity index (χ2n) is 6.47. The Hall–Kier alpha value is -1.64. The van der Waals surface area contributed by atoms with E-state index in [1.807, 2.05) is 0 Å².